The molecule has 2 nitrogen and oxygen atoms in total. The molecule has 1 heterocycles. The second-order valence-corrected chi connectivity index (χ2v) is 12.3. The van der Waals surface area contributed by atoms with Crippen LogP contribution in [0.2, 0.25) is 0 Å². The number of hydrogen-bond acceptors (Lipinski definition) is 2. The molecule has 6 aromatic rings. The van der Waals surface area contributed by atoms with E-state index in [0.29, 0.717) is 0 Å². The summed E-state index contributed by atoms with van der Waals surface area (Å²) in [5.41, 5.74) is 8.01. The highest BCUT2D eigenvalue weighted by Crippen LogP contribution is 2.44. The molecule has 4 heteroatoms. The second-order valence-electron chi connectivity index (χ2n) is 10.5. The molecule has 0 bridgehead atoms. The summed E-state index contributed by atoms with van der Waals surface area (Å²) in [6.07, 6.45) is 4.34. The van der Waals surface area contributed by atoms with Crippen LogP contribution in [-0.4, -0.2) is 0 Å². The Morgan fingerprint density at radius 2 is 0.977 bits per heavy atom. The van der Waals surface area contributed by atoms with E-state index in [1.807, 2.05) is 12.1 Å². The average molecular weight is 685 g/mol. The lowest BCUT2D eigenvalue weighted by Gasteiger charge is -2.36. The molecular formula is C39H27Br2NO. The van der Waals surface area contributed by atoms with Crippen molar-refractivity contribution in [3.05, 3.63) is 183 Å². The number of para-hydroxylation sites is 2. The van der Waals surface area contributed by atoms with Crippen LogP contribution in [0.3, 0.4) is 0 Å². The molecule has 0 saturated heterocycles. The van der Waals surface area contributed by atoms with Crippen LogP contribution in [0, 0.1) is 0 Å². The van der Waals surface area contributed by atoms with Crippen molar-refractivity contribution in [3.63, 3.8) is 0 Å². The summed E-state index contributed by atoms with van der Waals surface area (Å²) in [5.74, 6) is 0.852. The van der Waals surface area contributed by atoms with Crippen molar-refractivity contribution in [3.8, 4) is 16.9 Å². The van der Waals surface area contributed by atoms with Crippen LogP contribution in [-0.2, 0) is 5.60 Å². The molecule has 0 aromatic heterocycles. The Balaban J connectivity index is 1.25. The van der Waals surface area contributed by atoms with Crippen molar-refractivity contribution in [1.82, 2.24) is 0 Å². The first-order valence-corrected chi connectivity index (χ1v) is 15.7. The largest absolute Gasteiger partial charge is 0.473 e. The molecule has 7 rings (SSSR count). The molecule has 0 spiro atoms. The summed E-state index contributed by atoms with van der Waals surface area (Å²) in [6, 6.07) is 52.9. The molecule has 208 valence electrons. The molecule has 0 radical (unpaired) electrons. The lowest BCUT2D eigenvalue weighted by Crippen LogP contribution is -2.34. The van der Waals surface area contributed by atoms with E-state index in [0.717, 1.165) is 59.6 Å². The van der Waals surface area contributed by atoms with Gasteiger partial charge in [0.15, 0.2) is 5.60 Å². The van der Waals surface area contributed by atoms with Gasteiger partial charge in [-0.1, -0.05) is 123 Å². The highest BCUT2D eigenvalue weighted by atomic mass is 79.9. The van der Waals surface area contributed by atoms with E-state index in [4.69, 9.17) is 4.74 Å². The minimum atomic E-state index is -0.747. The van der Waals surface area contributed by atoms with Crippen LogP contribution >= 0.6 is 31.9 Å². The number of benzene rings is 6. The zero-order chi connectivity index (χ0) is 29.2. The third-order valence-corrected chi connectivity index (χ3v) is 8.87. The summed E-state index contributed by atoms with van der Waals surface area (Å²) in [4.78, 5) is 2.27. The monoisotopic (exact) mass is 683 g/mol. The summed E-state index contributed by atoms with van der Waals surface area (Å²) < 4.78 is 9.05. The molecule has 43 heavy (non-hydrogen) atoms. The van der Waals surface area contributed by atoms with Gasteiger partial charge >= 0.3 is 0 Å². The fourth-order valence-corrected chi connectivity index (χ4v) is 6.16. The summed E-state index contributed by atoms with van der Waals surface area (Å²) in [6.45, 7) is 0. The van der Waals surface area contributed by atoms with E-state index >= 15 is 0 Å². The molecule has 1 aliphatic rings. The van der Waals surface area contributed by atoms with Crippen LogP contribution < -0.4 is 9.64 Å². The van der Waals surface area contributed by atoms with Crippen LogP contribution in [0.4, 0.5) is 17.1 Å². The minimum absolute atomic E-state index is 0.747. The Bertz CT molecular complexity index is 1800. The van der Waals surface area contributed by atoms with Gasteiger partial charge in [0.1, 0.15) is 5.75 Å². The van der Waals surface area contributed by atoms with E-state index in [9.17, 15) is 0 Å². The minimum Gasteiger partial charge on any atom is -0.473 e. The molecule has 0 N–H and O–H groups in total. The first kappa shape index (κ1) is 27.5. The smallest absolute Gasteiger partial charge is 0.178 e. The van der Waals surface area contributed by atoms with Gasteiger partial charge in [-0.2, -0.15) is 0 Å². The van der Waals surface area contributed by atoms with Gasteiger partial charge in [0.2, 0.25) is 0 Å². The summed E-state index contributed by atoms with van der Waals surface area (Å²) in [5, 5.41) is 0. The van der Waals surface area contributed by atoms with E-state index in [-0.39, 0.29) is 0 Å². The Kier molecular flexibility index (Phi) is 7.48. The molecule has 0 atom stereocenters. The van der Waals surface area contributed by atoms with Crippen LogP contribution in [0.25, 0.3) is 17.2 Å². The van der Waals surface area contributed by atoms with Gasteiger partial charge in [0.05, 0.1) is 0 Å². The normalized spacial score (nSPS) is 13.2. The molecular weight excluding hydrogens is 658 g/mol. The van der Waals surface area contributed by atoms with Crippen molar-refractivity contribution in [1.29, 1.82) is 0 Å². The predicted octanol–water partition coefficient (Wildman–Crippen LogP) is 11.7. The van der Waals surface area contributed by atoms with Gasteiger partial charge in [-0.25, -0.2) is 0 Å². The summed E-state index contributed by atoms with van der Waals surface area (Å²) in [7, 11) is 0. The van der Waals surface area contributed by atoms with Gasteiger partial charge in [0, 0.05) is 42.7 Å². The average Bonchev–Trinajstić information content (AvgIpc) is 3.06. The highest BCUT2D eigenvalue weighted by molar-refractivity contribution is 9.10. The van der Waals surface area contributed by atoms with Gasteiger partial charge in [-0.15, -0.1) is 0 Å². The van der Waals surface area contributed by atoms with Crippen LogP contribution in [0.15, 0.2) is 167 Å². The number of ether oxygens (including phenoxy) is 1. The fourth-order valence-electron chi connectivity index (χ4n) is 5.63. The van der Waals surface area contributed by atoms with Gasteiger partial charge in [-0.3, -0.25) is 0 Å². The standard InChI is InChI=1S/C39H27Br2NO/c40-33-19-15-31(16-20-33)39(32-17-21-34(41)22-18-32)26-25-29-11-12-30(27-38(29)43-39)28-13-23-37(24-14-28)42(35-7-3-1-4-8-35)36-9-5-2-6-10-36/h1-27H. The number of hydrogen-bond donors (Lipinski definition) is 0. The molecule has 1 aliphatic heterocycles. The zero-order valence-corrected chi connectivity index (χ0v) is 26.4. The first-order valence-electron chi connectivity index (χ1n) is 14.1. The highest BCUT2D eigenvalue weighted by Gasteiger charge is 2.37. The van der Waals surface area contributed by atoms with Gasteiger partial charge < -0.3 is 9.64 Å². The summed E-state index contributed by atoms with van der Waals surface area (Å²) >= 11 is 7.17. The van der Waals surface area contributed by atoms with E-state index in [1.54, 1.807) is 0 Å². The first-order chi connectivity index (χ1) is 21.1. The number of halogens is 2. The van der Waals surface area contributed by atoms with Crippen LogP contribution in [0.5, 0.6) is 5.75 Å². The number of anilines is 3. The molecule has 0 aliphatic carbocycles. The number of fused-ring (bicyclic) bond motifs is 1. The Morgan fingerprint density at radius 1 is 0.488 bits per heavy atom. The van der Waals surface area contributed by atoms with Crippen molar-refractivity contribution in [2.75, 3.05) is 4.90 Å². The predicted molar refractivity (Wildman–Crippen MR) is 185 cm³/mol. The maximum atomic E-state index is 6.99. The second kappa shape index (κ2) is 11.7. The lowest BCUT2D eigenvalue weighted by molar-refractivity contribution is 0.161. The fraction of sp³-hybridized carbons (Fsp3) is 0.0256. The number of rotatable bonds is 6. The van der Waals surface area contributed by atoms with E-state index in [1.165, 1.54) is 0 Å². The Labute approximate surface area is 269 Å². The molecule has 0 unspecified atom stereocenters. The molecule has 0 saturated carbocycles. The van der Waals surface area contributed by atoms with E-state index < -0.39 is 5.60 Å². The van der Waals surface area contributed by atoms with Crippen molar-refractivity contribution >= 4 is 55.0 Å². The van der Waals surface area contributed by atoms with Crippen molar-refractivity contribution in [2.45, 2.75) is 5.60 Å². The Morgan fingerprint density at radius 3 is 1.51 bits per heavy atom. The number of nitrogens with zero attached hydrogens (tertiary/aromatic N) is 1. The quantitative estimate of drug-likeness (QED) is 0.173. The van der Waals surface area contributed by atoms with Crippen LogP contribution in [0.1, 0.15) is 16.7 Å². The third kappa shape index (κ3) is 5.45. The maximum Gasteiger partial charge on any atom is 0.178 e. The van der Waals surface area contributed by atoms with Gasteiger partial charge in [0.25, 0.3) is 0 Å². The van der Waals surface area contributed by atoms with E-state index in [2.05, 4.69) is 188 Å². The topological polar surface area (TPSA) is 12.5 Å². The van der Waals surface area contributed by atoms with Crippen molar-refractivity contribution < 1.29 is 4.74 Å². The van der Waals surface area contributed by atoms with Gasteiger partial charge in [-0.05, 0) is 83.9 Å². The molecule has 0 fully saturated rings. The third-order valence-electron chi connectivity index (χ3n) is 7.82. The van der Waals surface area contributed by atoms with Crippen molar-refractivity contribution in [2.24, 2.45) is 0 Å². The molecule has 0 amide bonds. The molecule has 6 aromatic carbocycles. The Hall–Kier alpha value is -4.38. The zero-order valence-electron chi connectivity index (χ0n) is 23.2. The maximum absolute atomic E-state index is 6.99. The SMILES string of the molecule is Brc1ccc(C2(c3ccc(Br)cc3)C=Cc3ccc(-c4ccc(N(c5ccccc5)c5ccccc5)cc4)cc3O2)cc1. The lowest BCUT2D eigenvalue weighted by atomic mass is 9.83.